The van der Waals surface area contributed by atoms with Crippen LogP contribution in [0, 0.1) is 0 Å². The molecule has 0 N–H and O–H groups in total. The molecular weight excluding hydrogens is 416 g/mol. The van der Waals surface area contributed by atoms with Gasteiger partial charge in [0.25, 0.3) is 0 Å². The van der Waals surface area contributed by atoms with E-state index in [1.807, 2.05) is 37.6 Å². The minimum Gasteiger partial charge on any atom is -0.308 e. The van der Waals surface area contributed by atoms with Crippen LogP contribution in [0.15, 0.2) is 26.7 Å². The molecule has 0 aliphatic rings. The molecule has 3 aromatic rings. The Balaban J connectivity index is 1.54. The van der Waals surface area contributed by atoms with Crippen LogP contribution in [0.3, 0.4) is 0 Å². The van der Waals surface area contributed by atoms with E-state index in [-0.39, 0.29) is 0 Å². The van der Waals surface area contributed by atoms with Gasteiger partial charge in [0, 0.05) is 23.7 Å². The second kappa shape index (κ2) is 10.3. The summed E-state index contributed by atoms with van der Waals surface area (Å²) in [4.78, 5) is 5.50. The van der Waals surface area contributed by atoms with Gasteiger partial charge < -0.3 is 9.80 Å². The van der Waals surface area contributed by atoms with Gasteiger partial charge in [0.1, 0.15) is 0 Å². The van der Waals surface area contributed by atoms with Crippen LogP contribution in [0.4, 0.5) is 0 Å². The molecule has 0 unspecified atom stereocenters. The van der Waals surface area contributed by atoms with Crippen LogP contribution in [0.1, 0.15) is 4.88 Å². The molecule has 10 nitrogen and oxygen atoms in total. The molecule has 0 bridgehead atoms. The maximum atomic E-state index is 4.15. The maximum Gasteiger partial charge on any atom is 0.214 e. The van der Waals surface area contributed by atoms with Gasteiger partial charge in [-0.25, -0.2) is 9.36 Å². The molecule has 3 aromatic heterocycles. The van der Waals surface area contributed by atoms with Crippen molar-refractivity contribution in [1.82, 2.24) is 50.2 Å². The van der Waals surface area contributed by atoms with Gasteiger partial charge in [0.15, 0.2) is 0 Å². The van der Waals surface area contributed by atoms with Crippen molar-refractivity contribution in [2.45, 2.75) is 33.4 Å². The Hall–Kier alpha value is -1.54. The fraction of sp³-hybridized carbons (Fsp3) is 0.600. The quantitative estimate of drug-likeness (QED) is 0.406. The first-order valence-corrected chi connectivity index (χ1v) is 11.3. The highest BCUT2D eigenvalue weighted by Crippen LogP contribution is 2.34. The van der Waals surface area contributed by atoms with Crippen LogP contribution >= 0.6 is 34.9 Å². The van der Waals surface area contributed by atoms with Crippen molar-refractivity contribution in [2.24, 2.45) is 0 Å². The van der Waals surface area contributed by atoms with E-state index in [0.29, 0.717) is 0 Å². The summed E-state index contributed by atoms with van der Waals surface area (Å²) in [7, 11) is 8.16. The summed E-state index contributed by atoms with van der Waals surface area (Å²) in [5.41, 5.74) is 0. The standard InChI is InChI=1S/C15H24N10S3/c1-22(2)7-9-24-14(16-18-20-24)26-11-12-5-6-13(27-12)28-15-17-19-21-25(15)10-8-23(3)4/h5-6H,7-11H2,1-4H3. The van der Waals surface area contributed by atoms with E-state index in [4.69, 9.17) is 0 Å². The monoisotopic (exact) mass is 440 g/mol. The van der Waals surface area contributed by atoms with Crippen molar-refractivity contribution in [1.29, 1.82) is 0 Å². The highest BCUT2D eigenvalue weighted by atomic mass is 32.2. The van der Waals surface area contributed by atoms with Crippen molar-refractivity contribution in [3.8, 4) is 0 Å². The van der Waals surface area contributed by atoms with Crippen LogP contribution in [-0.2, 0) is 18.8 Å². The maximum absolute atomic E-state index is 4.15. The third kappa shape index (κ3) is 6.24. The SMILES string of the molecule is CN(C)CCn1nnnc1SCc1ccc(Sc2nnnn2CCN(C)C)s1. The van der Waals surface area contributed by atoms with Gasteiger partial charge in [-0.1, -0.05) is 11.8 Å². The summed E-state index contributed by atoms with van der Waals surface area (Å²) in [5, 5.41) is 25.7. The molecule has 0 spiro atoms. The van der Waals surface area contributed by atoms with Gasteiger partial charge in [0.05, 0.1) is 17.3 Å². The van der Waals surface area contributed by atoms with Crippen molar-refractivity contribution in [3.05, 3.63) is 17.0 Å². The predicted molar refractivity (Wildman–Crippen MR) is 111 cm³/mol. The fourth-order valence-corrected chi connectivity index (χ4v) is 5.18. The normalized spacial score (nSPS) is 11.8. The first-order chi connectivity index (χ1) is 13.5. The van der Waals surface area contributed by atoms with Crippen molar-refractivity contribution in [2.75, 3.05) is 41.3 Å². The summed E-state index contributed by atoms with van der Waals surface area (Å²) in [5.74, 6) is 0.832. The van der Waals surface area contributed by atoms with Gasteiger partial charge in [-0.05, 0) is 72.9 Å². The van der Waals surface area contributed by atoms with Gasteiger partial charge in [0.2, 0.25) is 10.3 Å². The van der Waals surface area contributed by atoms with E-state index in [1.165, 1.54) is 9.09 Å². The largest absolute Gasteiger partial charge is 0.308 e. The lowest BCUT2D eigenvalue weighted by molar-refractivity contribution is 0.361. The van der Waals surface area contributed by atoms with Crippen molar-refractivity contribution < 1.29 is 0 Å². The van der Waals surface area contributed by atoms with Gasteiger partial charge in [-0.2, -0.15) is 0 Å². The second-order valence-corrected chi connectivity index (χ2v) is 9.97. The zero-order valence-electron chi connectivity index (χ0n) is 16.4. The van der Waals surface area contributed by atoms with E-state index in [0.717, 1.165) is 42.2 Å². The molecule has 0 fully saturated rings. The molecule has 0 atom stereocenters. The van der Waals surface area contributed by atoms with Crippen LogP contribution in [-0.4, -0.2) is 91.5 Å². The second-order valence-electron chi connectivity index (χ2n) is 6.59. The number of likely N-dealkylation sites (N-methyl/N-ethyl adjacent to an activating group) is 2. The summed E-state index contributed by atoms with van der Waals surface area (Å²) < 4.78 is 4.87. The summed E-state index contributed by atoms with van der Waals surface area (Å²) >= 11 is 5.00. The Morgan fingerprint density at radius 1 is 0.893 bits per heavy atom. The first-order valence-electron chi connectivity index (χ1n) is 8.72. The van der Waals surface area contributed by atoms with E-state index in [2.05, 4.69) is 53.0 Å². The zero-order chi connectivity index (χ0) is 19.9. The number of hydrogen-bond donors (Lipinski definition) is 0. The molecule has 0 aliphatic carbocycles. The van der Waals surface area contributed by atoms with Crippen LogP contribution in [0.2, 0.25) is 0 Å². The van der Waals surface area contributed by atoms with E-state index in [9.17, 15) is 0 Å². The number of rotatable bonds is 11. The Morgan fingerprint density at radius 3 is 2.14 bits per heavy atom. The lowest BCUT2D eigenvalue weighted by Gasteiger charge is -2.09. The number of thiophene rings is 1. The fourth-order valence-electron chi connectivity index (χ4n) is 2.16. The molecule has 0 saturated carbocycles. The van der Waals surface area contributed by atoms with Crippen molar-refractivity contribution >= 4 is 34.9 Å². The molecule has 13 heteroatoms. The van der Waals surface area contributed by atoms with Crippen LogP contribution < -0.4 is 0 Å². The molecule has 0 radical (unpaired) electrons. The zero-order valence-corrected chi connectivity index (χ0v) is 18.8. The minimum atomic E-state index is 0.770. The molecule has 0 aliphatic heterocycles. The first kappa shape index (κ1) is 21.2. The average Bonchev–Trinajstić information content (AvgIpc) is 3.38. The Labute approximate surface area is 176 Å². The molecule has 28 heavy (non-hydrogen) atoms. The number of nitrogens with zero attached hydrogens (tertiary/aromatic N) is 10. The number of thioether (sulfide) groups is 1. The Morgan fingerprint density at radius 2 is 1.50 bits per heavy atom. The Kier molecular flexibility index (Phi) is 7.79. The average molecular weight is 441 g/mol. The number of tetrazole rings is 2. The van der Waals surface area contributed by atoms with Crippen molar-refractivity contribution in [3.63, 3.8) is 0 Å². The number of hydrogen-bond acceptors (Lipinski definition) is 11. The summed E-state index contributed by atoms with van der Waals surface area (Å²) in [6.07, 6.45) is 0. The topological polar surface area (TPSA) is 93.7 Å². The third-order valence-electron chi connectivity index (χ3n) is 3.69. The minimum absolute atomic E-state index is 0.770. The van der Waals surface area contributed by atoms with Crippen LogP contribution in [0.25, 0.3) is 0 Å². The van der Waals surface area contributed by atoms with Gasteiger partial charge in [-0.15, -0.1) is 21.5 Å². The smallest absolute Gasteiger partial charge is 0.214 e. The van der Waals surface area contributed by atoms with Crippen LogP contribution in [0.5, 0.6) is 0 Å². The molecular formula is C15H24N10S3. The third-order valence-corrected chi connectivity index (χ3v) is 7.07. The van der Waals surface area contributed by atoms with E-state index < -0.39 is 0 Å². The van der Waals surface area contributed by atoms with Gasteiger partial charge in [-0.3, -0.25) is 0 Å². The summed E-state index contributed by atoms with van der Waals surface area (Å²) in [6, 6.07) is 4.26. The number of aromatic nitrogens is 8. The molecule has 3 heterocycles. The van der Waals surface area contributed by atoms with E-state index >= 15 is 0 Å². The molecule has 0 saturated heterocycles. The highest BCUT2D eigenvalue weighted by Gasteiger charge is 2.12. The Bertz CT molecular complexity index is 856. The lowest BCUT2D eigenvalue weighted by Crippen LogP contribution is -2.19. The predicted octanol–water partition coefficient (Wildman–Crippen LogP) is 1.29. The lowest BCUT2D eigenvalue weighted by atomic mass is 10.5. The van der Waals surface area contributed by atoms with Gasteiger partial charge >= 0.3 is 0 Å². The van der Waals surface area contributed by atoms with E-state index in [1.54, 1.807) is 34.9 Å². The summed E-state index contributed by atoms with van der Waals surface area (Å²) in [6.45, 7) is 3.35. The highest BCUT2D eigenvalue weighted by molar-refractivity contribution is 8.01. The molecule has 0 aromatic carbocycles. The molecule has 3 rings (SSSR count). The molecule has 152 valence electrons. The molecule has 0 amide bonds.